The number of fused-ring (bicyclic) bond motifs is 1. The van der Waals surface area contributed by atoms with E-state index in [0.29, 0.717) is 42.2 Å². The van der Waals surface area contributed by atoms with Gasteiger partial charge in [-0.05, 0) is 51.3 Å². The number of H-pyrrole nitrogens is 1. The van der Waals surface area contributed by atoms with Crippen LogP contribution in [-0.4, -0.2) is 56.1 Å². The first-order valence-electron chi connectivity index (χ1n) is 11.9. The molecule has 0 radical (unpaired) electrons. The summed E-state index contributed by atoms with van der Waals surface area (Å²) in [6.45, 7) is 6.41. The van der Waals surface area contributed by atoms with Crippen molar-refractivity contribution in [1.29, 1.82) is 0 Å². The van der Waals surface area contributed by atoms with Crippen LogP contribution in [0.2, 0.25) is 5.02 Å². The van der Waals surface area contributed by atoms with E-state index in [9.17, 15) is 19.2 Å². The van der Waals surface area contributed by atoms with Crippen LogP contribution in [0.3, 0.4) is 0 Å². The lowest BCUT2D eigenvalue weighted by atomic mass is 9.93. The highest BCUT2D eigenvalue weighted by Gasteiger charge is 2.29. The summed E-state index contributed by atoms with van der Waals surface area (Å²) in [5, 5.41) is 4.83. The Balaban J connectivity index is 1.43. The third-order valence-electron chi connectivity index (χ3n) is 5.91. The maximum absolute atomic E-state index is 12.8. The van der Waals surface area contributed by atoms with Gasteiger partial charge in [-0.2, -0.15) is 5.10 Å². The number of benzene rings is 1. The number of nitrogens with one attached hydrogen (secondary N) is 3. The van der Waals surface area contributed by atoms with E-state index in [1.165, 1.54) is 16.8 Å². The zero-order valence-electron chi connectivity index (χ0n) is 20.8. The van der Waals surface area contributed by atoms with E-state index in [0.717, 1.165) is 0 Å². The van der Waals surface area contributed by atoms with Gasteiger partial charge in [-0.25, -0.2) is 9.31 Å². The average molecular weight is 529 g/mol. The molecular weight excluding hydrogens is 500 g/mol. The van der Waals surface area contributed by atoms with Gasteiger partial charge >= 0.3 is 6.09 Å². The van der Waals surface area contributed by atoms with Crippen molar-refractivity contribution in [2.45, 2.75) is 51.6 Å². The fourth-order valence-electron chi connectivity index (χ4n) is 4.22. The van der Waals surface area contributed by atoms with Crippen LogP contribution in [0.1, 0.15) is 61.1 Å². The van der Waals surface area contributed by atoms with Crippen LogP contribution in [0.25, 0.3) is 5.65 Å². The SMILES string of the molecule is CC(C)(C)OC(=O)N1CCC(c2cc(=O)[nH]c3c(C(=O)NNC(=O)Cc4cccc(Cl)c4)cnn23)CC1. The second kappa shape index (κ2) is 10.6. The highest BCUT2D eigenvalue weighted by molar-refractivity contribution is 6.30. The molecule has 3 amide bonds. The summed E-state index contributed by atoms with van der Waals surface area (Å²) in [7, 11) is 0. The molecule has 0 saturated carbocycles. The molecule has 1 aliphatic heterocycles. The standard InChI is InChI=1S/C25H29ClN6O5/c1-25(2,3)37-24(36)31-9-7-16(8-10-31)19-13-20(33)28-22-18(14-27-32(19)22)23(35)30-29-21(34)12-15-5-4-6-17(26)11-15/h4-6,11,13-14,16H,7-10,12H2,1-3H3,(H,28,33)(H,29,34)(H,30,35). The molecule has 0 unspecified atom stereocenters. The first-order valence-corrected chi connectivity index (χ1v) is 12.3. The molecule has 37 heavy (non-hydrogen) atoms. The lowest BCUT2D eigenvalue weighted by Gasteiger charge is -2.33. The molecule has 3 heterocycles. The number of piperidine rings is 1. The van der Waals surface area contributed by atoms with E-state index in [1.54, 1.807) is 29.2 Å². The molecule has 11 nitrogen and oxygen atoms in total. The Hall–Kier alpha value is -3.86. The maximum Gasteiger partial charge on any atom is 0.410 e. The predicted octanol–water partition coefficient (Wildman–Crippen LogP) is 2.79. The van der Waals surface area contributed by atoms with Crippen LogP contribution < -0.4 is 16.4 Å². The van der Waals surface area contributed by atoms with Crippen molar-refractivity contribution >= 4 is 35.2 Å². The number of amides is 3. The van der Waals surface area contributed by atoms with Gasteiger partial charge in [0.05, 0.1) is 18.3 Å². The monoisotopic (exact) mass is 528 g/mol. The number of aromatic nitrogens is 3. The topological polar surface area (TPSA) is 138 Å². The Morgan fingerprint density at radius 3 is 2.57 bits per heavy atom. The predicted molar refractivity (Wildman–Crippen MR) is 136 cm³/mol. The average Bonchev–Trinajstić information content (AvgIpc) is 3.25. The number of carbonyl (C=O) groups excluding carboxylic acids is 3. The second-order valence-electron chi connectivity index (χ2n) is 9.93. The van der Waals surface area contributed by atoms with Crippen molar-refractivity contribution in [2.75, 3.05) is 13.1 Å². The van der Waals surface area contributed by atoms with Gasteiger partial charge in [0.2, 0.25) is 5.91 Å². The highest BCUT2D eigenvalue weighted by atomic mass is 35.5. The summed E-state index contributed by atoms with van der Waals surface area (Å²) < 4.78 is 6.98. The van der Waals surface area contributed by atoms with Crippen LogP contribution >= 0.6 is 11.6 Å². The first kappa shape index (κ1) is 26.2. The fraction of sp³-hybridized carbons (Fsp3) is 0.400. The number of hydrazine groups is 1. The molecule has 3 N–H and O–H groups in total. The lowest BCUT2D eigenvalue weighted by Crippen LogP contribution is -2.42. The minimum atomic E-state index is -0.623. The van der Waals surface area contributed by atoms with Gasteiger partial charge in [0.1, 0.15) is 16.8 Å². The van der Waals surface area contributed by atoms with Crippen molar-refractivity contribution < 1.29 is 19.1 Å². The van der Waals surface area contributed by atoms with Crippen molar-refractivity contribution in [3.05, 3.63) is 68.7 Å². The van der Waals surface area contributed by atoms with E-state index in [-0.39, 0.29) is 35.2 Å². The molecule has 1 saturated heterocycles. The van der Waals surface area contributed by atoms with E-state index in [2.05, 4.69) is 20.9 Å². The minimum Gasteiger partial charge on any atom is -0.444 e. The zero-order chi connectivity index (χ0) is 26.7. The van der Waals surface area contributed by atoms with Gasteiger partial charge < -0.3 is 14.6 Å². The van der Waals surface area contributed by atoms with Crippen molar-refractivity contribution in [2.24, 2.45) is 0 Å². The van der Waals surface area contributed by atoms with Crippen LogP contribution in [0.5, 0.6) is 0 Å². The van der Waals surface area contributed by atoms with Gasteiger partial charge in [0.15, 0.2) is 0 Å². The highest BCUT2D eigenvalue weighted by Crippen LogP contribution is 2.28. The Labute approximate surface area is 218 Å². The van der Waals surface area contributed by atoms with Gasteiger partial charge in [-0.1, -0.05) is 23.7 Å². The number of rotatable bonds is 4. The Morgan fingerprint density at radius 1 is 1.16 bits per heavy atom. The lowest BCUT2D eigenvalue weighted by molar-refractivity contribution is -0.121. The third kappa shape index (κ3) is 6.48. The number of halogens is 1. The number of nitrogens with zero attached hydrogens (tertiary/aromatic N) is 3. The van der Waals surface area contributed by atoms with Gasteiger partial charge in [0.25, 0.3) is 11.5 Å². The Kier molecular flexibility index (Phi) is 7.53. The number of likely N-dealkylation sites (tertiary alicyclic amines) is 1. The summed E-state index contributed by atoms with van der Waals surface area (Å²) in [5.74, 6) is -1.10. The Morgan fingerprint density at radius 2 is 1.89 bits per heavy atom. The molecular formula is C25H29ClN6O5. The van der Waals surface area contributed by atoms with E-state index in [4.69, 9.17) is 16.3 Å². The van der Waals surface area contributed by atoms with Gasteiger partial charge in [0, 0.05) is 30.1 Å². The van der Waals surface area contributed by atoms with Crippen LogP contribution in [-0.2, 0) is 16.0 Å². The second-order valence-corrected chi connectivity index (χ2v) is 10.4. The van der Waals surface area contributed by atoms with Gasteiger partial charge in [-0.15, -0.1) is 0 Å². The van der Waals surface area contributed by atoms with Crippen molar-refractivity contribution in [3.63, 3.8) is 0 Å². The summed E-state index contributed by atoms with van der Waals surface area (Å²) >= 11 is 5.94. The number of carbonyl (C=O) groups is 3. The van der Waals surface area contributed by atoms with Crippen LogP contribution in [0.4, 0.5) is 4.79 Å². The number of hydrogen-bond acceptors (Lipinski definition) is 6. The molecule has 1 fully saturated rings. The maximum atomic E-state index is 12.8. The first-order chi connectivity index (χ1) is 17.5. The zero-order valence-corrected chi connectivity index (χ0v) is 21.6. The smallest absolute Gasteiger partial charge is 0.410 e. The van der Waals surface area contributed by atoms with Gasteiger partial charge in [-0.3, -0.25) is 25.2 Å². The summed E-state index contributed by atoms with van der Waals surface area (Å²) in [4.78, 5) is 54.2. The quantitative estimate of drug-likeness (QED) is 0.445. The molecule has 0 spiro atoms. The van der Waals surface area contributed by atoms with Crippen molar-refractivity contribution in [3.8, 4) is 0 Å². The summed E-state index contributed by atoms with van der Waals surface area (Å²) in [6.07, 6.45) is 2.22. The molecule has 2 aromatic heterocycles. The molecule has 0 bridgehead atoms. The fourth-order valence-corrected chi connectivity index (χ4v) is 4.44. The van der Waals surface area contributed by atoms with Crippen LogP contribution in [0.15, 0.2) is 41.3 Å². The molecule has 4 rings (SSSR count). The summed E-state index contributed by atoms with van der Waals surface area (Å²) in [6, 6.07) is 8.32. The van der Waals surface area contributed by atoms with E-state index >= 15 is 0 Å². The molecule has 0 aliphatic carbocycles. The molecule has 1 aromatic carbocycles. The molecule has 0 atom stereocenters. The summed E-state index contributed by atoms with van der Waals surface area (Å²) in [5.41, 5.74) is 5.44. The van der Waals surface area contributed by atoms with E-state index < -0.39 is 17.4 Å². The molecule has 1 aliphatic rings. The number of ether oxygens (including phenoxy) is 1. The van der Waals surface area contributed by atoms with Crippen LogP contribution in [0, 0.1) is 0 Å². The van der Waals surface area contributed by atoms with E-state index in [1.807, 2.05) is 20.8 Å². The third-order valence-corrected chi connectivity index (χ3v) is 6.15. The minimum absolute atomic E-state index is 0.0264. The normalized spacial score (nSPS) is 14.4. The van der Waals surface area contributed by atoms with Crippen molar-refractivity contribution in [1.82, 2.24) is 30.3 Å². The molecule has 196 valence electrons. The largest absolute Gasteiger partial charge is 0.444 e. The molecule has 12 heteroatoms. The number of aromatic amines is 1. The molecule has 3 aromatic rings. The Bertz CT molecular complexity index is 1380. The number of hydrogen-bond donors (Lipinski definition) is 3.